The first-order valence-corrected chi connectivity index (χ1v) is 8.92. The molecule has 0 aliphatic carbocycles. The fourth-order valence-electron chi connectivity index (χ4n) is 3.24. The van der Waals surface area contributed by atoms with Crippen molar-refractivity contribution >= 4 is 10.0 Å². The third-order valence-corrected chi connectivity index (χ3v) is 5.61. The molecule has 0 radical (unpaired) electrons. The normalized spacial score (nSPS) is 24.4. The first kappa shape index (κ1) is 16.5. The lowest BCUT2D eigenvalue weighted by Crippen LogP contribution is -2.42. The van der Waals surface area contributed by atoms with Crippen molar-refractivity contribution in [1.29, 1.82) is 0 Å². The van der Waals surface area contributed by atoms with E-state index < -0.39 is 10.0 Å². The van der Waals surface area contributed by atoms with Crippen LogP contribution in [0.4, 0.5) is 0 Å². The predicted molar refractivity (Wildman–Crippen MR) is 80.6 cm³/mol. The largest absolute Gasteiger partial charge is 0.360 e. The molecule has 1 saturated heterocycles. The third kappa shape index (κ3) is 4.05. The zero-order chi connectivity index (χ0) is 15.6. The maximum Gasteiger partial charge on any atom is 0.246 e. The molecule has 7 heteroatoms. The smallest absolute Gasteiger partial charge is 0.246 e. The van der Waals surface area contributed by atoms with Gasteiger partial charge in [-0.2, -0.15) is 0 Å². The Labute approximate surface area is 126 Å². The van der Waals surface area contributed by atoms with Crippen LogP contribution in [0.15, 0.2) is 9.42 Å². The van der Waals surface area contributed by atoms with Crippen molar-refractivity contribution in [3.63, 3.8) is 0 Å². The second-order valence-electron chi connectivity index (χ2n) is 6.26. The molecule has 2 atom stereocenters. The van der Waals surface area contributed by atoms with Crippen LogP contribution in [0.5, 0.6) is 0 Å². The molecule has 2 heterocycles. The van der Waals surface area contributed by atoms with E-state index in [1.165, 1.54) is 6.42 Å². The Bertz CT molecular complexity index is 553. The maximum atomic E-state index is 12.3. The van der Waals surface area contributed by atoms with Crippen LogP contribution in [0.3, 0.4) is 0 Å². The van der Waals surface area contributed by atoms with Gasteiger partial charge in [0.25, 0.3) is 0 Å². The molecule has 2 rings (SSSR count). The van der Waals surface area contributed by atoms with Crippen LogP contribution in [0, 0.1) is 25.7 Å². The highest BCUT2D eigenvalue weighted by atomic mass is 32.2. The van der Waals surface area contributed by atoms with Crippen LogP contribution in [-0.4, -0.2) is 44.7 Å². The molecule has 0 unspecified atom stereocenters. The summed E-state index contributed by atoms with van der Waals surface area (Å²) in [7, 11) is -3.54. The van der Waals surface area contributed by atoms with Gasteiger partial charge >= 0.3 is 0 Å². The monoisotopic (exact) mass is 315 g/mol. The van der Waals surface area contributed by atoms with Gasteiger partial charge in [0, 0.05) is 26.2 Å². The molecule has 1 aromatic rings. The van der Waals surface area contributed by atoms with Crippen molar-refractivity contribution in [3.8, 4) is 0 Å². The molecule has 1 fully saturated rings. The number of nitrogens with zero attached hydrogens (tertiary/aromatic N) is 2. The Balaban J connectivity index is 1.91. The summed E-state index contributed by atoms with van der Waals surface area (Å²) in [5.41, 5.74) is 0.403. The molecule has 1 aliphatic rings. The van der Waals surface area contributed by atoms with Gasteiger partial charge in [0.1, 0.15) is 10.6 Å². The molecular formula is C14H25N3O3S. The highest BCUT2D eigenvalue weighted by Crippen LogP contribution is 2.21. The molecular weight excluding hydrogens is 290 g/mol. The van der Waals surface area contributed by atoms with Crippen LogP contribution in [0.1, 0.15) is 31.7 Å². The van der Waals surface area contributed by atoms with Crippen LogP contribution in [0.25, 0.3) is 0 Å². The first-order chi connectivity index (χ1) is 9.79. The SMILES string of the molecule is Cc1noc(C)c1S(=O)(=O)NCCN1C[C@H](C)C[C@@H](C)C1. The summed E-state index contributed by atoms with van der Waals surface area (Å²) in [5.74, 6) is 1.68. The van der Waals surface area contributed by atoms with Crippen LogP contribution in [-0.2, 0) is 10.0 Å². The molecule has 0 spiro atoms. The average molecular weight is 315 g/mol. The van der Waals surface area contributed by atoms with E-state index >= 15 is 0 Å². The molecule has 120 valence electrons. The van der Waals surface area contributed by atoms with Crippen LogP contribution < -0.4 is 4.72 Å². The first-order valence-electron chi connectivity index (χ1n) is 7.44. The highest BCUT2D eigenvalue weighted by Gasteiger charge is 2.25. The van der Waals surface area contributed by atoms with Gasteiger partial charge in [-0.25, -0.2) is 13.1 Å². The van der Waals surface area contributed by atoms with Gasteiger partial charge < -0.3 is 9.42 Å². The summed E-state index contributed by atoms with van der Waals surface area (Å²) < 4.78 is 32.1. The number of aryl methyl sites for hydroxylation is 2. The minimum absolute atomic E-state index is 0.169. The average Bonchev–Trinajstić information content (AvgIpc) is 2.68. The summed E-state index contributed by atoms with van der Waals surface area (Å²) in [6.45, 7) is 11.0. The van der Waals surface area contributed by atoms with Crippen molar-refractivity contribution in [1.82, 2.24) is 14.8 Å². The molecule has 6 nitrogen and oxygen atoms in total. The summed E-state index contributed by atoms with van der Waals surface area (Å²) in [4.78, 5) is 2.50. The Morgan fingerprint density at radius 2 is 1.90 bits per heavy atom. The van der Waals surface area contributed by atoms with Crippen molar-refractivity contribution in [2.24, 2.45) is 11.8 Å². The Morgan fingerprint density at radius 1 is 1.29 bits per heavy atom. The maximum absolute atomic E-state index is 12.3. The minimum Gasteiger partial charge on any atom is -0.360 e. The van der Waals surface area contributed by atoms with E-state index in [2.05, 4.69) is 28.6 Å². The summed E-state index contributed by atoms with van der Waals surface area (Å²) in [6.07, 6.45) is 1.25. The van der Waals surface area contributed by atoms with Gasteiger partial charge in [0.15, 0.2) is 5.76 Å². The number of sulfonamides is 1. The van der Waals surface area contributed by atoms with E-state index in [9.17, 15) is 8.42 Å². The summed E-state index contributed by atoms with van der Waals surface area (Å²) in [5, 5.41) is 3.70. The standard InChI is InChI=1S/C14H25N3O3S/c1-10-7-11(2)9-17(8-10)6-5-15-21(18,19)14-12(3)16-20-13(14)4/h10-11,15H,5-9H2,1-4H3/t10-,11-/m1/s1. The van der Waals surface area contributed by atoms with E-state index in [0.29, 0.717) is 29.8 Å². The van der Waals surface area contributed by atoms with E-state index in [4.69, 9.17) is 4.52 Å². The van der Waals surface area contributed by atoms with E-state index in [-0.39, 0.29) is 4.90 Å². The molecule has 1 N–H and O–H groups in total. The van der Waals surface area contributed by atoms with Crippen molar-refractivity contribution < 1.29 is 12.9 Å². The van der Waals surface area contributed by atoms with Crippen LogP contribution >= 0.6 is 0 Å². The summed E-state index contributed by atoms with van der Waals surface area (Å²) in [6, 6.07) is 0. The molecule has 0 aromatic carbocycles. The summed E-state index contributed by atoms with van der Waals surface area (Å²) >= 11 is 0. The van der Waals surface area contributed by atoms with E-state index in [0.717, 1.165) is 19.6 Å². The lowest BCUT2D eigenvalue weighted by Gasteiger charge is -2.34. The third-order valence-electron chi connectivity index (χ3n) is 3.90. The fraction of sp³-hybridized carbons (Fsp3) is 0.786. The predicted octanol–water partition coefficient (Wildman–Crippen LogP) is 1.55. The van der Waals surface area contributed by atoms with Gasteiger partial charge in [-0.15, -0.1) is 0 Å². The second kappa shape index (κ2) is 6.46. The molecule has 0 amide bonds. The number of piperidine rings is 1. The van der Waals surface area contributed by atoms with Crippen LogP contribution in [0.2, 0.25) is 0 Å². The fourth-order valence-corrected chi connectivity index (χ4v) is 4.59. The van der Waals surface area contributed by atoms with Gasteiger partial charge in [-0.1, -0.05) is 19.0 Å². The quantitative estimate of drug-likeness (QED) is 0.892. The topological polar surface area (TPSA) is 75.4 Å². The lowest BCUT2D eigenvalue weighted by molar-refractivity contribution is 0.143. The van der Waals surface area contributed by atoms with E-state index in [1.807, 2.05) is 0 Å². The van der Waals surface area contributed by atoms with Gasteiger partial charge in [-0.3, -0.25) is 0 Å². The second-order valence-corrected chi connectivity index (χ2v) is 7.96. The zero-order valence-electron chi connectivity index (χ0n) is 13.2. The Hall–Kier alpha value is -0.920. The number of aromatic nitrogens is 1. The molecule has 1 aromatic heterocycles. The van der Waals surface area contributed by atoms with Crippen molar-refractivity contribution in [3.05, 3.63) is 11.5 Å². The molecule has 21 heavy (non-hydrogen) atoms. The molecule has 1 aliphatic heterocycles. The lowest BCUT2D eigenvalue weighted by atomic mass is 9.92. The van der Waals surface area contributed by atoms with Crippen molar-refractivity contribution in [2.45, 2.75) is 39.0 Å². The van der Waals surface area contributed by atoms with Gasteiger partial charge in [-0.05, 0) is 32.1 Å². The van der Waals surface area contributed by atoms with E-state index in [1.54, 1.807) is 13.8 Å². The number of hydrogen-bond acceptors (Lipinski definition) is 5. The number of hydrogen-bond donors (Lipinski definition) is 1. The number of likely N-dealkylation sites (tertiary alicyclic amines) is 1. The Morgan fingerprint density at radius 3 is 2.43 bits per heavy atom. The molecule has 0 bridgehead atoms. The number of rotatable bonds is 5. The zero-order valence-corrected chi connectivity index (χ0v) is 14.0. The van der Waals surface area contributed by atoms with Gasteiger partial charge in [0.2, 0.25) is 10.0 Å². The number of nitrogens with one attached hydrogen (secondary N) is 1. The highest BCUT2D eigenvalue weighted by molar-refractivity contribution is 7.89. The molecule has 0 saturated carbocycles. The van der Waals surface area contributed by atoms with Crippen molar-refractivity contribution in [2.75, 3.05) is 26.2 Å². The minimum atomic E-state index is -3.54. The van der Waals surface area contributed by atoms with Gasteiger partial charge in [0.05, 0.1) is 0 Å². The Kier molecular flexibility index (Phi) is 5.06.